The average Bonchev–Trinajstić information content (AvgIpc) is 2.30. The summed E-state index contributed by atoms with van der Waals surface area (Å²) in [5, 5.41) is 9.62. The molecule has 0 amide bonds. The van der Waals surface area contributed by atoms with Gasteiger partial charge in [-0.1, -0.05) is 12.2 Å². The molecule has 0 aromatic heterocycles. The zero-order valence-corrected chi connectivity index (χ0v) is 10.3. The van der Waals surface area contributed by atoms with E-state index in [1.165, 1.54) is 13.2 Å². The molecule has 1 aliphatic heterocycles. The predicted molar refractivity (Wildman–Crippen MR) is 61.2 cm³/mol. The number of carbonyl (C=O) groups excluding carboxylic acids is 1. The van der Waals surface area contributed by atoms with Gasteiger partial charge in [-0.25, -0.2) is 4.79 Å². The lowest BCUT2D eigenvalue weighted by Gasteiger charge is -2.30. The third-order valence-corrected chi connectivity index (χ3v) is 2.33. The highest BCUT2D eigenvalue weighted by Crippen LogP contribution is 2.14. The van der Waals surface area contributed by atoms with Crippen LogP contribution in [-0.2, 0) is 19.0 Å². The van der Waals surface area contributed by atoms with Gasteiger partial charge in [0.2, 0.25) is 0 Å². The standard InChI is InChI=1S/C12H18O5/c1-8(6-12(14)15-3)4-5-11-10(13)7-16-9(2)17-11/h4-6,9-11,13H,7H2,1-3H3/b5-4-,8-6+/t9-,10+,11+/m1/s1. The molecule has 1 rings (SSSR count). The average molecular weight is 242 g/mol. The van der Waals surface area contributed by atoms with Crippen molar-refractivity contribution in [2.24, 2.45) is 0 Å². The Hall–Kier alpha value is -1.17. The summed E-state index contributed by atoms with van der Waals surface area (Å²) < 4.78 is 15.0. The first-order valence-electron chi connectivity index (χ1n) is 5.42. The number of esters is 1. The Labute approximate surface area is 101 Å². The van der Waals surface area contributed by atoms with Crippen molar-refractivity contribution in [3.63, 3.8) is 0 Å². The van der Waals surface area contributed by atoms with E-state index in [0.717, 1.165) is 5.57 Å². The molecule has 0 aromatic rings. The highest BCUT2D eigenvalue weighted by atomic mass is 16.7. The maximum Gasteiger partial charge on any atom is 0.330 e. The molecule has 1 N–H and O–H groups in total. The Bertz CT molecular complexity index is 321. The number of carbonyl (C=O) groups is 1. The number of ether oxygens (including phenoxy) is 3. The van der Waals surface area contributed by atoms with E-state index in [0.29, 0.717) is 0 Å². The second kappa shape index (κ2) is 6.54. The van der Waals surface area contributed by atoms with Crippen molar-refractivity contribution in [1.29, 1.82) is 0 Å². The first-order valence-corrected chi connectivity index (χ1v) is 5.42. The minimum absolute atomic E-state index is 0.246. The minimum atomic E-state index is -0.687. The van der Waals surface area contributed by atoms with Gasteiger partial charge in [0.05, 0.1) is 13.7 Å². The zero-order valence-electron chi connectivity index (χ0n) is 10.3. The van der Waals surface area contributed by atoms with E-state index in [1.807, 2.05) is 0 Å². The van der Waals surface area contributed by atoms with Crippen molar-refractivity contribution in [3.05, 3.63) is 23.8 Å². The van der Waals surface area contributed by atoms with Crippen LogP contribution in [0.1, 0.15) is 13.8 Å². The molecule has 0 aliphatic carbocycles. The van der Waals surface area contributed by atoms with Gasteiger partial charge < -0.3 is 19.3 Å². The van der Waals surface area contributed by atoms with Crippen LogP contribution in [0.5, 0.6) is 0 Å². The van der Waals surface area contributed by atoms with Gasteiger partial charge in [-0.2, -0.15) is 0 Å². The number of aliphatic hydroxyl groups excluding tert-OH is 1. The molecule has 1 aliphatic rings. The highest BCUT2D eigenvalue weighted by Gasteiger charge is 2.25. The van der Waals surface area contributed by atoms with E-state index in [1.54, 1.807) is 26.0 Å². The molecule has 0 unspecified atom stereocenters. The Morgan fingerprint density at radius 2 is 2.24 bits per heavy atom. The first-order chi connectivity index (χ1) is 8.02. The monoisotopic (exact) mass is 242 g/mol. The minimum Gasteiger partial charge on any atom is -0.466 e. The zero-order chi connectivity index (χ0) is 12.8. The third kappa shape index (κ3) is 4.68. The normalized spacial score (nSPS) is 30.6. The Morgan fingerprint density at radius 1 is 1.53 bits per heavy atom. The van der Waals surface area contributed by atoms with Crippen LogP contribution in [0.15, 0.2) is 23.8 Å². The van der Waals surface area contributed by atoms with Crippen LogP contribution < -0.4 is 0 Å². The van der Waals surface area contributed by atoms with E-state index < -0.39 is 18.2 Å². The fourth-order valence-corrected chi connectivity index (χ4v) is 1.39. The number of hydrogen-bond donors (Lipinski definition) is 1. The van der Waals surface area contributed by atoms with Crippen LogP contribution in [-0.4, -0.2) is 43.3 Å². The van der Waals surface area contributed by atoms with Crippen molar-refractivity contribution >= 4 is 5.97 Å². The van der Waals surface area contributed by atoms with E-state index in [9.17, 15) is 9.90 Å². The Balaban J connectivity index is 2.57. The molecule has 0 saturated carbocycles. The van der Waals surface area contributed by atoms with Gasteiger partial charge in [-0.05, 0) is 19.4 Å². The van der Waals surface area contributed by atoms with Crippen LogP contribution in [0.3, 0.4) is 0 Å². The van der Waals surface area contributed by atoms with E-state index in [2.05, 4.69) is 4.74 Å². The van der Waals surface area contributed by atoms with E-state index in [4.69, 9.17) is 9.47 Å². The van der Waals surface area contributed by atoms with Gasteiger partial charge in [-0.3, -0.25) is 0 Å². The van der Waals surface area contributed by atoms with Crippen molar-refractivity contribution in [2.75, 3.05) is 13.7 Å². The van der Waals surface area contributed by atoms with Gasteiger partial charge in [0, 0.05) is 6.08 Å². The van der Waals surface area contributed by atoms with Crippen molar-refractivity contribution < 1.29 is 24.1 Å². The molecule has 0 aromatic carbocycles. The molecule has 0 bridgehead atoms. The molecule has 0 spiro atoms. The quantitative estimate of drug-likeness (QED) is 0.450. The summed E-state index contributed by atoms with van der Waals surface area (Å²) in [4.78, 5) is 11.0. The van der Waals surface area contributed by atoms with Gasteiger partial charge in [-0.15, -0.1) is 0 Å². The largest absolute Gasteiger partial charge is 0.466 e. The molecule has 96 valence electrons. The molecule has 5 nitrogen and oxygen atoms in total. The summed E-state index contributed by atoms with van der Waals surface area (Å²) in [7, 11) is 1.32. The fraction of sp³-hybridized carbons (Fsp3) is 0.583. The summed E-state index contributed by atoms with van der Waals surface area (Å²) in [6.07, 6.45) is 3.35. The SMILES string of the molecule is COC(=O)/C=C(C)/C=C\[C@@H]1O[C@H](C)OC[C@@H]1O. The number of aliphatic hydroxyl groups is 1. The van der Waals surface area contributed by atoms with E-state index in [-0.39, 0.29) is 12.9 Å². The van der Waals surface area contributed by atoms with Crippen LogP contribution >= 0.6 is 0 Å². The molecule has 17 heavy (non-hydrogen) atoms. The molecule has 1 heterocycles. The van der Waals surface area contributed by atoms with Crippen LogP contribution in [0.25, 0.3) is 0 Å². The van der Waals surface area contributed by atoms with Crippen LogP contribution in [0.4, 0.5) is 0 Å². The van der Waals surface area contributed by atoms with E-state index >= 15 is 0 Å². The number of hydrogen-bond acceptors (Lipinski definition) is 5. The second-order valence-corrected chi connectivity index (χ2v) is 3.84. The number of allylic oxidation sites excluding steroid dienone is 2. The molecule has 0 radical (unpaired) electrons. The van der Waals surface area contributed by atoms with Crippen molar-refractivity contribution in [3.8, 4) is 0 Å². The smallest absolute Gasteiger partial charge is 0.330 e. The lowest BCUT2D eigenvalue weighted by molar-refractivity contribution is -0.230. The van der Waals surface area contributed by atoms with Gasteiger partial charge >= 0.3 is 5.97 Å². The maximum atomic E-state index is 11.0. The summed E-state index contributed by atoms with van der Waals surface area (Å²) in [5.74, 6) is -0.408. The number of methoxy groups -OCH3 is 1. The summed E-state index contributed by atoms with van der Waals surface area (Å²) in [6.45, 7) is 3.78. The molecule has 1 fully saturated rings. The predicted octanol–water partition coefficient (Wildman–Crippen LogP) is 0.784. The van der Waals surface area contributed by atoms with Gasteiger partial charge in [0.1, 0.15) is 12.2 Å². The van der Waals surface area contributed by atoms with Gasteiger partial charge in [0.15, 0.2) is 6.29 Å². The summed E-state index contributed by atoms with van der Waals surface area (Å²) >= 11 is 0. The Kier molecular flexibility index (Phi) is 5.34. The van der Waals surface area contributed by atoms with Gasteiger partial charge in [0.25, 0.3) is 0 Å². The molecule has 1 saturated heterocycles. The summed E-state index contributed by atoms with van der Waals surface area (Å²) in [5.41, 5.74) is 0.729. The topological polar surface area (TPSA) is 65.0 Å². The summed E-state index contributed by atoms with van der Waals surface area (Å²) in [6, 6.07) is 0. The molecule has 5 heteroatoms. The molecule has 3 atom stereocenters. The van der Waals surface area contributed by atoms with Crippen LogP contribution in [0.2, 0.25) is 0 Å². The molecular formula is C12H18O5. The highest BCUT2D eigenvalue weighted by molar-refractivity contribution is 5.83. The second-order valence-electron chi connectivity index (χ2n) is 3.84. The number of rotatable bonds is 3. The van der Waals surface area contributed by atoms with Crippen molar-refractivity contribution in [2.45, 2.75) is 32.3 Å². The molecular weight excluding hydrogens is 224 g/mol. The third-order valence-electron chi connectivity index (χ3n) is 2.33. The van der Waals surface area contributed by atoms with Crippen molar-refractivity contribution in [1.82, 2.24) is 0 Å². The van der Waals surface area contributed by atoms with Crippen LogP contribution in [0, 0.1) is 0 Å². The first kappa shape index (κ1) is 13.9. The lowest BCUT2D eigenvalue weighted by atomic mass is 10.1. The fourth-order valence-electron chi connectivity index (χ4n) is 1.39. The Morgan fingerprint density at radius 3 is 2.88 bits per heavy atom. The maximum absolute atomic E-state index is 11.0. The lowest BCUT2D eigenvalue weighted by Crippen LogP contribution is -2.41.